The van der Waals surface area contributed by atoms with Crippen LogP contribution < -0.4 is 20.9 Å². The van der Waals surface area contributed by atoms with Crippen molar-refractivity contribution in [3.05, 3.63) is 64.2 Å². The first-order valence-electron chi connectivity index (χ1n) is 10.7. The normalized spacial score (nSPS) is 18.3. The molecule has 3 N–H and O–H groups in total. The SMILES string of the molecule is Cc1nc2cccc(NC(=O)Cc3ccc(OC(F)(F)F)cc3)c2c(=O)n1C1CCC(O)NC1=O. The Morgan fingerprint density at radius 3 is 2.57 bits per heavy atom. The molecule has 1 aromatic heterocycles. The zero-order valence-electron chi connectivity index (χ0n) is 18.4. The van der Waals surface area contributed by atoms with Crippen LogP contribution in [0.4, 0.5) is 18.9 Å². The Morgan fingerprint density at radius 2 is 1.91 bits per heavy atom. The van der Waals surface area contributed by atoms with Gasteiger partial charge in [-0.3, -0.25) is 19.0 Å². The van der Waals surface area contributed by atoms with Crippen LogP contribution in [0.2, 0.25) is 0 Å². The molecule has 184 valence electrons. The molecule has 3 aromatic rings. The van der Waals surface area contributed by atoms with Gasteiger partial charge in [0.1, 0.15) is 23.8 Å². The van der Waals surface area contributed by atoms with Gasteiger partial charge in [-0.25, -0.2) is 4.98 Å². The molecule has 2 aromatic carbocycles. The first-order chi connectivity index (χ1) is 16.5. The number of benzene rings is 2. The number of nitrogens with one attached hydrogen (secondary N) is 2. The second-order valence-electron chi connectivity index (χ2n) is 8.07. The third-order valence-corrected chi connectivity index (χ3v) is 5.54. The number of halogens is 3. The number of alkyl halides is 3. The molecular formula is C23H21F3N4O5. The van der Waals surface area contributed by atoms with Crippen molar-refractivity contribution in [1.82, 2.24) is 14.9 Å². The molecule has 1 aliphatic heterocycles. The van der Waals surface area contributed by atoms with Crippen LogP contribution in [0.25, 0.3) is 10.9 Å². The lowest BCUT2D eigenvalue weighted by molar-refractivity contribution is -0.274. The molecule has 1 saturated heterocycles. The Hall–Kier alpha value is -3.93. The smallest absolute Gasteiger partial charge is 0.406 e. The topological polar surface area (TPSA) is 123 Å². The Balaban J connectivity index is 1.59. The molecule has 0 aliphatic carbocycles. The van der Waals surface area contributed by atoms with Gasteiger partial charge in [0.25, 0.3) is 5.56 Å². The van der Waals surface area contributed by atoms with E-state index in [-0.39, 0.29) is 30.3 Å². The summed E-state index contributed by atoms with van der Waals surface area (Å²) >= 11 is 0. The van der Waals surface area contributed by atoms with Gasteiger partial charge in [-0.15, -0.1) is 13.2 Å². The molecule has 9 nitrogen and oxygen atoms in total. The van der Waals surface area contributed by atoms with Crippen LogP contribution in [0.15, 0.2) is 47.3 Å². The molecular weight excluding hydrogens is 469 g/mol. The van der Waals surface area contributed by atoms with Gasteiger partial charge >= 0.3 is 6.36 Å². The van der Waals surface area contributed by atoms with Crippen molar-refractivity contribution >= 4 is 28.4 Å². The molecule has 0 bridgehead atoms. The van der Waals surface area contributed by atoms with Crippen LogP contribution in [0.1, 0.15) is 30.3 Å². The lowest BCUT2D eigenvalue weighted by Crippen LogP contribution is -2.47. The van der Waals surface area contributed by atoms with Gasteiger partial charge in [-0.2, -0.15) is 0 Å². The molecule has 0 spiro atoms. The van der Waals surface area contributed by atoms with Crippen LogP contribution >= 0.6 is 0 Å². The van der Waals surface area contributed by atoms with E-state index in [0.29, 0.717) is 16.9 Å². The highest BCUT2D eigenvalue weighted by atomic mass is 19.4. The van der Waals surface area contributed by atoms with Gasteiger partial charge in [0, 0.05) is 0 Å². The highest BCUT2D eigenvalue weighted by Crippen LogP contribution is 2.25. The van der Waals surface area contributed by atoms with Crippen molar-refractivity contribution in [3.63, 3.8) is 0 Å². The maximum absolute atomic E-state index is 13.4. The zero-order valence-corrected chi connectivity index (χ0v) is 18.4. The van der Waals surface area contributed by atoms with Crippen molar-refractivity contribution in [2.75, 3.05) is 5.32 Å². The summed E-state index contributed by atoms with van der Waals surface area (Å²) in [5.74, 6) is -1.11. The van der Waals surface area contributed by atoms with Gasteiger partial charge in [-0.1, -0.05) is 18.2 Å². The van der Waals surface area contributed by atoms with Gasteiger partial charge < -0.3 is 20.5 Å². The van der Waals surface area contributed by atoms with E-state index in [0.717, 1.165) is 12.1 Å². The Morgan fingerprint density at radius 1 is 1.20 bits per heavy atom. The number of hydrogen-bond acceptors (Lipinski definition) is 6. The number of aliphatic hydroxyl groups is 1. The third-order valence-electron chi connectivity index (χ3n) is 5.54. The minimum atomic E-state index is -4.81. The molecule has 2 atom stereocenters. The van der Waals surface area contributed by atoms with Gasteiger partial charge in [-0.05, 0) is 49.6 Å². The quantitative estimate of drug-likeness (QED) is 0.505. The highest BCUT2D eigenvalue weighted by molar-refractivity contribution is 6.01. The second-order valence-corrected chi connectivity index (χ2v) is 8.07. The summed E-state index contributed by atoms with van der Waals surface area (Å²) in [6, 6.07) is 8.75. The number of anilines is 1. The Bertz CT molecular complexity index is 1340. The van der Waals surface area contributed by atoms with Crippen LogP contribution in [-0.2, 0) is 16.0 Å². The second kappa shape index (κ2) is 9.37. The Labute approximate surface area is 196 Å². The van der Waals surface area contributed by atoms with Gasteiger partial charge in [0.2, 0.25) is 11.8 Å². The van der Waals surface area contributed by atoms with Gasteiger partial charge in [0.05, 0.1) is 23.0 Å². The van der Waals surface area contributed by atoms with Crippen molar-refractivity contribution in [2.24, 2.45) is 0 Å². The maximum Gasteiger partial charge on any atom is 0.573 e. The van der Waals surface area contributed by atoms with E-state index in [4.69, 9.17) is 0 Å². The Kier molecular flexibility index (Phi) is 6.48. The average molecular weight is 490 g/mol. The van der Waals surface area contributed by atoms with Crippen LogP contribution in [0.3, 0.4) is 0 Å². The minimum Gasteiger partial charge on any atom is -0.406 e. The summed E-state index contributed by atoms with van der Waals surface area (Å²) in [5.41, 5.74) is 0.424. The molecule has 4 rings (SSSR count). The maximum atomic E-state index is 13.4. The molecule has 0 saturated carbocycles. The van der Waals surface area contributed by atoms with E-state index < -0.39 is 41.8 Å². The van der Waals surface area contributed by atoms with Crippen molar-refractivity contribution in [3.8, 4) is 5.75 Å². The standard InChI is InChI=1S/C23H21F3N4O5/c1-12-27-15-3-2-4-16(20(15)22(34)30(12)17-9-10-18(31)29-21(17)33)28-19(32)11-13-5-7-14(8-6-13)35-23(24,25)26/h2-8,17-18,31H,9-11H2,1H3,(H,28,32)(H,29,33). The van der Waals surface area contributed by atoms with Crippen molar-refractivity contribution < 1.29 is 32.6 Å². The van der Waals surface area contributed by atoms with Gasteiger partial charge in [0.15, 0.2) is 0 Å². The first kappa shape index (κ1) is 24.2. The summed E-state index contributed by atoms with van der Waals surface area (Å²) in [7, 11) is 0. The number of piperidine rings is 1. The molecule has 2 heterocycles. The number of aromatic nitrogens is 2. The van der Waals surface area contributed by atoms with E-state index in [2.05, 4.69) is 20.4 Å². The van der Waals surface area contributed by atoms with E-state index in [1.165, 1.54) is 22.8 Å². The number of nitrogens with zero attached hydrogens (tertiary/aromatic N) is 2. The lowest BCUT2D eigenvalue weighted by atomic mass is 10.0. The van der Waals surface area contributed by atoms with Crippen LogP contribution in [-0.4, -0.2) is 39.1 Å². The predicted octanol–water partition coefficient (Wildman–Crippen LogP) is 2.55. The number of aliphatic hydroxyl groups excluding tert-OH is 1. The lowest BCUT2D eigenvalue weighted by Gasteiger charge is -2.28. The molecule has 0 radical (unpaired) electrons. The average Bonchev–Trinajstić information content (AvgIpc) is 2.75. The van der Waals surface area contributed by atoms with Crippen molar-refractivity contribution in [1.29, 1.82) is 0 Å². The highest BCUT2D eigenvalue weighted by Gasteiger charge is 2.32. The molecule has 1 aliphatic rings. The fourth-order valence-electron chi connectivity index (χ4n) is 4.04. The first-order valence-corrected chi connectivity index (χ1v) is 10.7. The number of carbonyl (C=O) groups is 2. The zero-order chi connectivity index (χ0) is 25.3. The predicted molar refractivity (Wildman–Crippen MR) is 119 cm³/mol. The molecule has 2 unspecified atom stereocenters. The molecule has 12 heteroatoms. The molecule has 2 amide bonds. The number of carbonyl (C=O) groups excluding carboxylic acids is 2. The summed E-state index contributed by atoms with van der Waals surface area (Å²) in [4.78, 5) is 42.9. The van der Waals surface area contributed by atoms with E-state index in [1.807, 2.05) is 0 Å². The fourth-order valence-corrected chi connectivity index (χ4v) is 4.04. The largest absolute Gasteiger partial charge is 0.573 e. The summed E-state index contributed by atoms with van der Waals surface area (Å²) in [5, 5.41) is 14.8. The van der Waals surface area contributed by atoms with E-state index >= 15 is 0 Å². The monoisotopic (exact) mass is 490 g/mol. The number of fused-ring (bicyclic) bond motifs is 1. The summed E-state index contributed by atoms with van der Waals surface area (Å²) < 4.78 is 42.0. The van der Waals surface area contributed by atoms with E-state index in [9.17, 15) is 32.7 Å². The molecule has 35 heavy (non-hydrogen) atoms. The number of ether oxygens (including phenoxy) is 1. The summed E-state index contributed by atoms with van der Waals surface area (Å²) in [6.45, 7) is 1.59. The van der Waals surface area contributed by atoms with Crippen LogP contribution in [0.5, 0.6) is 5.75 Å². The van der Waals surface area contributed by atoms with Crippen LogP contribution in [0, 0.1) is 6.92 Å². The van der Waals surface area contributed by atoms with E-state index in [1.54, 1.807) is 19.1 Å². The van der Waals surface area contributed by atoms with Crippen molar-refractivity contribution in [2.45, 2.75) is 44.8 Å². The summed E-state index contributed by atoms with van der Waals surface area (Å²) in [6.07, 6.45) is -5.45. The third kappa shape index (κ3) is 5.43. The number of rotatable bonds is 5. The number of hydrogen-bond donors (Lipinski definition) is 3. The number of aryl methyl sites for hydroxylation is 1. The minimum absolute atomic E-state index is 0.110. The fraction of sp³-hybridized carbons (Fsp3) is 0.304. The number of amides is 2. The molecule has 1 fully saturated rings.